The van der Waals surface area contributed by atoms with Crippen LogP contribution >= 0.6 is 11.6 Å². The molecular weight excluding hydrogens is 745 g/mol. The number of alkyl halides is 1. The summed E-state index contributed by atoms with van der Waals surface area (Å²) >= 11 is 5.73. The molecule has 3 aromatic carbocycles. The van der Waals surface area contributed by atoms with Gasteiger partial charge < -0.3 is 30.1 Å². The van der Waals surface area contributed by atoms with Crippen LogP contribution in [0, 0.1) is 5.82 Å². The molecule has 294 valence electrons. The Hall–Kier alpha value is -5.83. The second-order valence-corrected chi connectivity index (χ2v) is 13.9. The van der Waals surface area contributed by atoms with Gasteiger partial charge in [0, 0.05) is 76.1 Å². The number of halogens is 2. The fourth-order valence-electron chi connectivity index (χ4n) is 6.88. The maximum Gasteiger partial charge on any atom is 0.272 e. The molecule has 1 saturated heterocycles. The Bertz CT molecular complexity index is 2170. The molecule has 2 aliphatic heterocycles. The number of carbonyl (C=O) groups is 5. The minimum Gasteiger partial charge on any atom is -0.484 e. The molecule has 0 unspecified atom stereocenters. The van der Waals surface area contributed by atoms with Crippen LogP contribution in [0.25, 0.3) is 10.8 Å². The maximum absolute atomic E-state index is 14.9. The van der Waals surface area contributed by atoms with Gasteiger partial charge in [-0.2, -0.15) is 5.10 Å². The third-order valence-corrected chi connectivity index (χ3v) is 10.1. The SMILES string of the molecule is O=C(CCC(=O)N1CCN(C(=O)c2cc(Cc3n[nH]c(=O)c4ccccc34)ccc2F)CC1)NCCCNC(=O)COc1ccc2c(c1)CCCN2C(=O)CCl. The molecule has 56 heavy (non-hydrogen) atoms. The Morgan fingerprint density at radius 3 is 2.34 bits per heavy atom. The summed E-state index contributed by atoms with van der Waals surface area (Å²) in [5.41, 5.74) is 2.63. The molecule has 4 aromatic rings. The number of rotatable bonds is 14. The van der Waals surface area contributed by atoms with E-state index in [-0.39, 0.29) is 92.7 Å². The van der Waals surface area contributed by atoms with E-state index < -0.39 is 11.7 Å². The predicted molar refractivity (Wildman–Crippen MR) is 207 cm³/mol. The molecule has 16 heteroatoms. The normalized spacial score (nSPS) is 13.9. The van der Waals surface area contributed by atoms with Gasteiger partial charge in [-0.1, -0.05) is 24.3 Å². The third-order valence-electron chi connectivity index (χ3n) is 9.85. The maximum atomic E-state index is 14.9. The van der Waals surface area contributed by atoms with E-state index in [2.05, 4.69) is 20.8 Å². The van der Waals surface area contributed by atoms with Crippen molar-refractivity contribution in [2.45, 2.75) is 38.5 Å². The lowest BCUT2D eigenvalue weighted by atomic mass is 10.0. The van der Waals surface area contributed by atoms with E-state index in [0.29, 0.717) is 53.8 Å². The van der Waals surface area contributed by atoms with Crippen LogP contribution in [0.15, 0.2) is 65.5 Å². The van der Waals surface area contributed by atoms with Crippen molar-refractivity contribution in [3.63, 3.8) is 0 Å². The highest BCUT2D eigenvalue weighted by Gasteiger charge is 2.27. The van der Waals surface area contributed by atoms with Crippen molar-refractivity contribution in [2.75, 3.05) is 63.2 Å². The average molecular weight is 788 g/mol. The van der Waals surface area contributed by atoms with E-state index in [9.17, 15) is 33.2 Å². The molecule has 0 saturated carbocycles. The molecule has 2 aliphatic rings. The summed E-state index contributed by atoms with van der Waals surface area (Å²) in [6.45, 7) is 2.01. The molecule has 3 heterocycles. The van der Waals surface area contributed by atoms with Gasteiger partial charge in [-0.3, -0.25) is 28.8 Å². The molecule has 0 atom stereocenters. The van der Waals surface area contributed by atoms with Gasteiger partial charge in [0.25, 0.3) is 17.4 Å². The number of anilines is 1. The zero-order chi connectivity index (χ0) is 39.6. The summed E-state index contributed by atoms with van der Waals surface area (Å²) in [5, 5.41) is 13.3. The number of amides is 5. The van der Waals surface area contributed by atoms with Crippen LogP contribution in [-0.4, -0.2) is 108 Å². The Morgan fingerprint density at radius 2 is 1.57 bits per heavy atom. The fourth-order valence-corrected chi connectivity index (χ4v) is 7.02. The van der Waals surface area contributed by atoms with Gasteiger partial charge in [-0.25, -0.2) is 9.49 Å². The first-order valence-corrected chi connectivity index (χ1v) is 19.1. The molecule has 1 aromatic heterocycles. The number of aryl methyl sites for hydroxylation is 1. The molecule has 0 radical (unpaired) electrons. The highest BCUT2D eigenvalue weighted by atomic mass is 35.5. The number of hydrogen-bond donors (Lipinski definition) is 3. The number of piperazine rings is 1. The quantitative estimate of drug-likeness (QED) is 0.129. The lowest BCUT2D eigenvalue weighted by Gasteiger charge is -2.35. The fraction of sp³-hybridized carbons (Fsp3) is 0.375. The molecule has 5 amide bonds. The zero-order valence-electron chi connectivity index (χ0n) is 30.8. The van der Waals surface area contributed by atoms with Gasteiger partial charge in [-0.05, 0) is 66.8 Å². The second-order valence-electron chi connectivity index (χ2n) is 13.6. The molecule has 0 spiro atoms. The highest BCUT2D eigenvalue weighted by Crippen LogP contribution is 2.31. The number of fused-ring (bicyclic) bond motifs is 2. The molecule has 6 rings (SSSR count). The monoisotopic (exact) mass is 787 g/mol. The lowest BCUT2D eigenvalue weighted by Crippen LogP contribution is -2.50. The van der Waals surface area contributed by atoms with E-state index in [1.165, 1.54) is 17.0 Å². The van der Waals surface area contributed by atoms with Crippen LogP contribution < -0.4 is 25.8 Å². The average Bonchev–Trinajstić information content (AvgIpc) is 3.22. The standard InChI is InChI=1S/C40H43ClFN7O7/c41-24-38(53)49-16-3-5-27-23-28(9-11-34(27)49)56-25-36(51)44-15-4-14-43-35(50)12-13-37(52)47-17-19-48(20-18-47)40(55)31-21-26(8-10-32(31)42)22-33-29-6-1-2-7-30(29)39(54)46-45-33/h1-2,6-11,21,23H,3-5,12-20,22,24-25H2,(H,43,50)(H,44,51)(H,46,54). The summed E-state index contributed by atoms with van der Waals surface area (Å²) in [6.07, 6.45) is 2.36. The first-order valence-electron chi connectivity index (χ1n) is 18.6. The molecule has 0 bridgehead atoms. The number of nitrogens with zero attached hydrogens (tertiary/aromatic N) is 4. The highest BCUT2D eigenvalue weighted by molar-refractivity contribution is 6.29. The van der Waals surface area contributed by atoms with E-state index in [1.807, 2.05) is 6.07 Å². The van der Waals surface area contributed by atoms with E-state index in [1.54, 1.807) is 52.3 Å². The number of carbonyl (C=O) groups excluding carboxylic acids is 5. The van der Waals surface area contributed by atoms with E-state index in [4.69, 9.17) is 16.3 Å². The first-order chi connectivity index (χ1) is 27.1. The minimum absolute atomic E-state index is 0.00173. The number of H-pyrrole nitrogens is 1. The Balaban J connectivity index is 0.863. The molecule has 1 fully saturated rings. The van der Waals surface area contributed by atoms with Crippen molar-refractivity contribution in [1.29, 1.82) is 0 Å². The number of aromatic nitrogens is 2. The topological polar surface area (TPSA) is 174 Å². The van der Waals surface area contributed by atoms with Crippen LogP contribution in [0.5, 0.6) is 5.75 Å². The van der Waals surface area contributed by atoms with Crippen molar-refractivity contribution < 1.29 is 33.1 Å². The summed E-state index contributed by atoms with van der Waals surface area (Å²) in [7, 11) is 0. The van der Waals surface area contributed by atoms with Crippen LogP contribution in [0.3, 0.4) is 0 Å². The van der Waals surface area contributed by atoms with Crippen molar-refractivity contribution in [3.8, 4) is 5.75 Å². The summed E-state index contributed by atoms with van der Waals surface area (Å²) in [4.78, 5) is 79.9. The number of aromatic amines is 1. The van der Waals surface area contributed by atoms with Crippen molar-refractivity contribution in [2.24, 2.45) is 0 Å². The van der Waals surface area contributed by atoms with Crippen LogP contribution in [0.1, 0.15) is 52.9 Å². The second kappa shape index (κ2) is 18.7. The summed E-state index contributed by atoms with van der Waals surface area (Å²) in [6, 6.07) is 16.7. The van der Waals surface area contributed by atoms with Gasteiger partial charge in [-0.15, -0.1) is 11.6 Å². The van der Waals surface area contributed by atoms with Gasteiger partial charge in [0.15, 0.2) is 6.61 Å². The summed E-state index contributed by atoms with van der Waals surface area (Å²) in [5.74, 6) is -1.67. The zero-order valence-corrected chi connectivity index (χ0v) is 31.5. The van der Waals surface area contributed by atoms with Gasteiger partial charge in [0.1, 0.15) is 17.4 Å². The molecular formula is C40H43ClFN7O7. The Labute approximate surface area is 327 Å². The minimum atomic E-state index is -0.656. The van der Waals surface area contributed by atoms with Crippen molar-refractivity contribution >= 4 is 57.6 Å². The van der Waals surface area contributed by atoms with Gasteiger partial charge >= 0.3 is 0 Å². The largest absolute Gasteiger partial charge is 0.484 e. The van der Waals surface area contributed by atoms with Crippen LogP contribution in [0.4, 0.5) is 10.1 Å². The number of hydrogen-bond acceptors (Lipinski definition) is 8. The number of ether oxygens (including phenoxy) is 1. The summed E-state index contributed by atoms with van der Waals surface area (Å²) < 4.78 is 20.5. The number of nitrogens with one attached hydrogen (secondary N) is 3. The van der Waals surface area contributed by atoms with Crippen molar-refractivity contribution in [3.05, 3.63) is 99.2 Å². The van der Waals surface area contributed by atoms with Crippen LogP contribution in [-0.2, 0) is 32.0 Å². The Morgan fingerprint density at radius 1 is 0.839 bits per heavy atom. The van der Waals surface area contributed by atoms with E-state index in [0.717, 1.165) is 24.1 Å². The third kappa shape index (κ3) is 9.88. The van der Waals surface area contributed by atoms with Crippen molar-refractivity contribution in [1.82, 2.24) is 30.6 Å². The van der Waals surface area contributed by atoms with Gasteiger partial charge in [0.2, 0.25) is 17.7 Å². The van der Waals surface area contributed by atoms with Crippen LogP contribution in [0.2, 0.25) is 0 Å². The molecule has 0 aliphatic carbocycles. The Kier molecular flexibility index (Phi) is 13.3. The first kappa shape index (κ1) is 39.9. The molecule has 3 N–H and O–H groups in total. The predicted octanol–water partition coefficient (Wildman–Crippen LogP) is 2.94. The van der Waals surface area contributed by atoms with Gasteiger partial charge in [0.05, 0.1) is 16.6 Å². The molecule has 14 nitrogen and oxygen atoms in total. The number of benzene rings is 3. The lowest BCUT2D eigenvalue weighted by molar-refractivity contribution is -0.134. The van der Waals surface area contributed by atoms with E-state index >= 15 is 0 Å². The smallest absolute Gasteiger partial charge is 0.272 e.